The molecule has 5 N–H and O–H groups in total. The maximum atomic E-state index is 12.7. The molecule has 1 saturated heterocycles. The van der Waals surface area contributed by atoms with E-state index in [9.17, 15) is 24.6 Å². The second kappa shape index (κ2) is 10.9. The van der Waals surface area contributed by atoms with Gasteiger partial charge in [0, 0.05) is 16.6 Å². The van der Waals surface area contributed by atoms with E-state index in [0.717, 1.165) is 31.5 Å². The highest BCUT2D eigenvalue weighted by atomic mass is 79.9. The van der Waals surface area contributed by atoms with Crippen LogP contribution in [0.2, 0.25) is 0 Å². The van der Waals surface area contributed by atoms with Crippen molar-refractivity contribution in [1.29, 1.82) is 0 Å². The molecule has 2 aromatic carbocycles. The predicted octanol–water partition coefficient (Wildman–Crippen LogP) is 2.78. The van der Waals surface area contributed by atoms with Gasteiger partial charge in [-0.1, -0.05) is 18.2 Å². The van der Waals surface area contributed by atoms with Crippen molar-refractivity contribution in [2.24, 2.45) is 5.92 Å². The smallest absolute Gasteiger partial charge is 0.352 e. The molecular weight excluding hydrogens is 478 g/mol. The fourth-order valence-electron chi connectivity index (χ4n) is 3.39. The number of hydrogen-bond donors (Lipinski definition) is 5. The van der Waals surface area contributed by atoms with Gasteiger partial charge in [-0.05, 0) is 83.7 Å². The molecule has 2 aromatic rings. The number of carbonyl (C=O) groups is 3. The Balaban J connectivity index is 1.66. The molecule has 1 fully saturated rings. The van der Waals surface area contributed by atoms with Gasteiger partial charge < -0.3 is 26.2 Å². The van der Waals surface area contributed by atoms with E-state index in [1.807, 2.05) is 0 Å². The molecule has 0 spiro atoms. The molecule has 0 aliphatic carbocycles. The van der Waals surface area contributed by atoms with Gasteiger partial charge in [0.05, 0.1) is 5.56 Å². The number of hydrogen-bond acceptors (Lipinski definition) is 5. The molecule has 0 atom stereocenters. The van der Waals surface area contributed by atoms with Crippen LogP contribution in [-0.2, 0) is 11.3 Å². The van der Waals surface area contributed by atoms with Crippen molar-refractivity contribution in [1.82, 2.24) is 16.0 Å². The van der Waals surface area contributed by atoms with E-state index in [-0.39, 0.29) is 35.4 Å². The fraction of sp³-hybridized carbons (Fsp3) is 0.261. The van der Waals surface area contributed by atoms with Gasteiger partial charge >= 0.3 is 5.97 Å². The summed E-state index contributed by atoms with van der Waals surface area (Å²) in [4.78, 5) is 36.7. The lowest BCUT2D eigenvalue weighted by atomic mass is 9.97. The molecular formula is C23H24BrN3O5. The summed E-state index contributed by atoms with van der Waals surface area (Å²) in [5.74, 6) is -1.92. The molecule has 0 radical (unpaired) electrons. The summed E-state index contributed by atoms with van der Waals surface area (Å²) in [5, 5.41) is 27.4. The van der Waals surface area contributed by atoms with Crippen molar-refractivity contribution in [3.05, 3.63) is 75.4 Å². The van der Waals surface area contributed by atoms with Gasteiger partial charge in [-0.25, -0.2) is 4.79 Å². The molecule has 2 amide bonds. The number of phenolic OH excluding ortho intramolecular Hbond substituents is 1. The zero-order chi connectivity index (χ0) is 23.1. The molecule has 0 bridgehead atoms. The third-order valence-corrected chi connectivity index (χ3v) is 5.76. The Bertz CT molecular complexity index is 1050. The molecule has 0 saturated carbocycles. The van der Waals surface area contributed by atoms with Gasteiger partial charge in [0.25, 0.3) is 11.8 Å². The number of allylic oxidation sites excluding steroid dienone is 1. The van der Waals surface area contributed by atoms with Gasteiger partial charge in [0.2, 0.25) is 0 Å². The van der Waals surface area contributed by atoms with E-state index in [2.05, 4.69) is 31.9 Å². The number of nitrogens with one attached hydrogen (secondary N) is 3. The molecule has 1 aliphatic rings. The second-order valence-corrected chi connectivity index (χ2v) is 8.33. The number of carboxylic acid groups (broad SMARTS) is 1. The first-order chi connectivity index (χ1) is 15.3. The van der Waals surface area contributed by atoms with Crippen molar-refractivity contribution in [3.63, 3.8) is 0 Å². The van der Waals surface area contributed by atoms with Gasteiger partial charge in [-0.3, -0.25) is 9.59 Å². The standard InChI is InChI=1S/C23H24BrN3O5/c24-19-12-16(21(29)26-13-15-2-1-3-17(28)10-15)4-5-18(19)22(30)27-20(23(31)32)11-14-6-8-25-9-7-14/h1-5,10-12,14,25,28H,6-9,13H2,(H,26,29)(H,27,30)(H,31,32). The van der Waals surface area contributed by atoms with Crippen LogP contribution >= 0.6 is 15.9 Å². The lowest BCUT2D eigenvalue weighted by molar-refractivity contribution is -0.133. The zero-order valence-corrected chi connectivity index (χ0v) is 18.8. The zero-order valence-electron chi connectivity index (χ0n) is 17.2. The number of amides is 2. The van der Waals surface area contributed by atoms with E-state index < -0.39 is 11.9 Å². The highest BCUT2D eigenvalue weighted by Gasteiger charge is 2.19. The lowest BCUT2D eigenvalue weighted by Crippen LogP contribution is -2.31. The summed E-state index contributed by atoms with van der Waals surface area (Å²) in [6, 6.07) is 11.0. The number of halogens is 1. The molecule has 9 heteroatoms. The number of benzene rings is 2. The van der Waals surface area contributed by atoms with Crippen LogP contribution in [0.5, 0.6) is 5.75 Å². The molecule has 0 aromatic heterocycles. The van der Waals surface area contributed by atoms with Crippen LogP contribution in [-0.4, -0.2) is 41.1 Å². The van der Waals surface area contributed by atoms with Crippen molar-refractivity contribution in [2.75, 3.05) is 13.1 Å². The minimum absolute atomic E-state index is 0.0867. The number of aromatic hydroxyl groups is 1. The van der Waals surface area contributed by atoms with Crippen LogP contribution in [0.25, 0.3) is 0 Å². The first kappa shape index (κ1) is 23.5. The SMILES string of the molecule is O=C(O)C(=CC1CCNCC1)NC(=O)c1ccc(C(=O)NCc2cccc(O)c2)cc1Br. The number of phenols is 1. The highest BCUT2D eigenvalue weighted by molar-refractivity contribution is 9.10. The minimum Gasteiger partial charge on any atom is -0.508 e. The minimum atomic E-state index is -1.20. The van der Waals surface area contributed by atoms with E-state index in [0.29, 0.717) is 10.0 Å². The summed E-state index contributed by atoms with van der Waals surface area (Å²) >= 11 is 3.30. The van der Waals surface area contributed by atoms with Gasteiger partial charge in [0.1, 0.15) is 11.4 Å². The summed E-state index contributed by atoms with van der Waals surface area (Å²) in [6.07, 6.45) is 3.21. The monoisotopic (exact) mass is 501 g/mol. The van der Waals surface area contributed by atoms with Crippen molar-refractivity contribution in [2.45, 2.75) is 19.4 Å². The molecule has 3 rings (SSSR count). The lowest BCUT2D eigenvalue weighted by Gasteiger charge is -2.20. The molecule has 8 nitrogen and oxygen atoms in total. The summed E-state index contributed by atoms with van der Waals surface area (Å²) in [6.45, 7) is 1.85. The number of carboxylic acids is 1. The second-order valence-electron chi connectivity index (χ2n) is 7.47. The van der Waals surface area contributed by atoms with Crippen LogP contribution in [0, 0.1) is 5.92 Å². The predicted molar refractivity (Wildman–Crippen MR) is 122 cm³/mol. The van der Waals surface area contributed by atoms with Gasteiger partial charge in [-0.15, -0.1) is 0 Å². The Morgan fingerprint density at radius 3 is 2.50 bits per heavy atom. The maximum absolute atomic E-state index is 12.7. The Labute approximate surface area is 193 Å². The van der Waals surface area contributed by atoms with Crippen LogP contribution < -0.4 is 16.0 Å². The molecule has 0 unspecified atom stereocenters. The maximum Gasteiger partial charge on any atom is 0.352 e. The first-order valence-corrected chi connectivity index (χ1v) is 11.0. The van der Waals surface area contributed by atoms with E-state index in [1.54, 1.807) is 30.3 Å². The third-order valence-electron chi connectivity index (χ3n) is 5.10. The Hall–Kier alpha value is -3.17. The Morgan fingerprint density at radius 1 is 1.09 bits per heavy atom. The van der Waals surface area contributed by atoms with Crippen LogP contribution in [0.1, 0.15) is 39.1 Å². The number of carbonyl (C=O) groups excluding carboxylic acids is 2. The molecule has 1 aliphatic heterocycles. The van der Waals surface area contributed by atoms with E-state index >= 15 is 0 Å². The van der Waals surface area contributed by atoms with Gasteiger partial charge in [-0.2, -0.15) is 0 Å². The Morgan fingerprint density at radius 2 is 1.84 bits per heavy atom. The summed E-state index contributed by atoms with van der Waals surface area (Å²) in [7, 11) is 0. The third kappa shape index (κ3) is 6.41. The molecule has 168 valence electrons. The van der Waals surface area contributed by atoms with Crippen molar-refractivity contribution >= 4 is 33.7 Å². The highest BCUT2D eigenvalue weighted by Crippen LogP contribution is 2.20. The van der Waals surface area contributed by atoms with E-state index in [1.165, 1.54) is 18.2 Å². The molecule has 32 heavy (non-hydrogen) atoms. The van der Waals surface area contributed by atoms with E-state index in [4.69, 9.17) is 0 Å². The van der Waals surface area contributed by atoms with Crippen molar-refractivity contribution in [3.8, 4) is 5.75 Å². The topological polar surface area (TPSA) is 128 Å². The average Bonchev–Trinajstić information content (AvgIpc) is 2.77. The van der Waals surface area contributed by atoms with Crippen molar-refractivity contribution < 1.29 is 24.6 Å². The largest absolute Gasteiger partial charge is 0.508 e. The van der Waals surface area contributed by atoms with Gasteiger partial charge in [0.15, 0.2) is 0 Å². The quantitative estimate of drug-likeness (QED) is 0.371. The number of piperidine rings is 1. The Kier molecular flexibility index (Phi) is 8.02. The first-order valence-electron chi connectivity index (χ1n) is 10.2. The summed E-state index contributed by atoms with van der Waals surface area (Å²) < 4.78 is 0.367. The van der Waals surface area contributed by atoms with Crippen LogP contribution in [0.4, 0.5) is 0 Å². The normalized spacial score (nSPS) is 14.6. The number of aliphatic carboxylic acids is 1. The van der Waals surface area contributed by atoms with Crippen LogP contribution in [0.15, 0.2) is 58.7 Å². The summed E-state index contributed by atoms with van der Waals surface area (Å²) in [5.41, 5.74) is 1.14. The van der Waals surface area contributed by atoms with Crippen LogP contribution in [0.3, 0.4) is 0 Å². The number of rotatable bonds is 7. The fourth-order valence-corrected chi connectivity index (χ4v) is 3.95. The molecule has 1 heterocycles. The average molecular weight is 502 g/mol.